The fourth-order valence-electron chi connectivity index (χ4n) is 4.23. The molecule has 0 amide bonds. The Balaban J connectivity index is 1.29. The minimum absolute atomic E-state index is 0.0298. The lowest BCUT2D eigenvalue weighted by Gasteiger charge is -2.26. The Hall–Kier alpha value is -3.81. The van der Waals surface area contributed by atoms with Crippen LogP contribution in [0.5, 0.6) is 5.88 Å². The summed E-state index contributed by atoms with van der Waals surface area (Å²) in [7, 11) is 0. The largest absolute Gasteiger partial charge is 0.481 e. The van der Waals surface area contributed by atoms with Crippen molar-refractivity contribution in [3.63, 3.8) is 0 Å². The van der Waals surface area contributed by atoms with E-state index in [1.54, 1.807) is 24.5 Å². The second-order valence-electron chi connectivity index (χ2n) is 8.48. The number of hydrogen-bond donors (Lipinski definition) is 2. The zero-order valence-corrected chi connectivity index (χ0v) is 18.1. The molecule has 1 aromatic carbocycles. The molecule has 4 aromatic rings. The fraction of sp³-hybridized carbons (Fsp3) is 0.280. The molecule has 7 nitrogen and oxygen atoms in total. The summed E-state index contributed by atoms with van der Waals surface area (Å²) in [5.74, 6) is -0.482. The van der Waals surface area contributed by atoms with Crippen molar-refractivity contribution in [3.05, 3.63) is 60.2 Å². The first-order valence-corrected chi connectivity index (χ1v) is 10.9. The maximum absolute atomic E-state index is 14.9. The number of imidazole rings is 1. The van der Waals surface area contributed by atoms with Gasteiger partial charge in [-0.05, 0) is 68.0 Å². The number of benzene rings is 1. The van der Waals surface area contributed by atoms with Crippen LogP contribution in [0.3, 0.4) is 0 Å². The maximum Gasteiger partial charge on any atom is 0.306 e. The molecular formula is C25H23FN4O3. The van der Waals surface area contributed by atoms with Gasteiger partial charge in [0.15, 0.2) is 5.65 Å². The normalized spacial score (nSPS) is 18.4. The number of carbonyl (C=O) groups is 1. The number of aromatic nitrogens is 4. The standard InChI is InChI=1S/C25H23FN4O3/c1-14-10-21-24(28-12-14)30-23(29-21)19-8-4-16(11-20(19)26)17-5-9-22(27-13-17)33-18-6-2-15(3-7-18)25(31)32/h4-5,8-13,15,18H,2-3,6-7H2,1H3,(H,31,32)(H,28,29,30). The van der Waals surface area contributed by atoms with Crippen molar-refractivity contribution >= 4 is 17.1 Å². The Kier molecular flexibility index (Phi) is 5.50. The lowest BCUT2D eigenvalue weighted by atomic mass is 9.87. The van der Waals surface area contributed by atoms with Crippen LogP contribution in [0, 0.1) is 18.7 Å². The van der Waals surface area contributed by atoms with Crippen LogP contribution < -0.4 is 4.74 Å². The Morgan fingerprint density at radius 1 is 1.06 bits per heavy atom. The van der Waals surface area contributed by atoms with E-state index in [-0.39, 0.29) is 12.0 Å². The summed E-state index contributed by atoms with van der Waals surface area (Å²) in [5.41, 5.74) is 4.15. The smallest absolute Gasteiger partial charge is 0.306 e. The number of aromatic amines is 1. The summed E-state index contributed by atoms with van der Waals surface area (Å²) >= 11 is 0. The molecule has 1 aliphatic carbocycles. The quantitative estimate of drug-likeness (QED) is 0.439. The molecule has 8 heteroatoms. The summed E-state index contributed by atoms with van der Waals surface area (Å²) < 4.78 is 20.9. The lowest BCUT2D eigenvalue weighted by Crippen LogP contribution is -2.28. The highest BCUT2D eigenvalue weighted by molar-refractivity contribution is 5.77. The van der Waals surface area contributed by atoms with E-state index in [2.05, 4.69) is 19.9 Å². The summed E-state index contributed by atoms with van der Waals surface area (Å²) in [4.78, 5) is 27.3. The predicted octanol–water partition coefficient (Wildman–Crippen LogP) is 5.16. The van der Waals surface area contributed by atoms with Crippen molar-refractivity contribution in [1.82, 2.24) is 19.9 Å². The second-order valence-corrected chi connectivity index (χ2v) is 8.48. The zero-order valence-electron chi connectivity index (χ0n) is 18.1. The number of fused-ring (bicyclic) bond motifs is 1. The number of aliphatic carboxylic acids is 1. The molecule has 0 atom stereocenters. The Morgan fingerprint density at radius 3 is 2.55 bits per heavy atom. The lowest BCUT2D eigenvalue weighted by molar-refractivity contribution is -0.143. The van der Waals surface area contributed by atoms with E-state index < -0.39 is 11.8 Å². The zero-order chi connectivity index (χ0) is 22.9. The van der Waals surface area contributed by atoms with Gasteiger partial charge in [-0.3, -0.25) is 4.79 Å². The number of carboxylic acid groups (broad SMARTS) is 1. The van der Waals surface area contributed by atoms with Gasteiger partial charge in [0.05, 0.1) is 11.5 Å². The summed E-state index contributed by atoms with van der Waals surface area (Å²) in [6.45, 7) is 1.93. The van der Waals surface area contributed by atoms with Crippen molar-refractivity contribution < 1.29 is 19.0 Å². The number of aryl methyl sites for hydroxylation is 1. The number of hydrogen-bond acceptors (Lipinski definition) is 5. The van der Waals surface area contributed by atoms with Gasteiger partial charge in [-0.15, -0.1) is 0 Å². The minimum atomic E-state index is -0.735. The Labute approximate surface area is 189 Å². The third kappa shape index (κ3) is 4.41. The predicted molar refractivity (Wildman–Crippen MR) is 121 cm³/mol. The molecule has 33 heavy (non-hydrogen) atoms. The molecule has 0 aliphatic heterocycles. The Morgan fingerprint density at radius 2 is 1.85 bits per heavy atom. The summed E-state index contributed by atoms with van der Waals surface area (Å²) in [5, 5.41) is 9.11. The molecule has 0 spiro atoms. The SMILES string of the molecule is Cc1cnc2[nH]c(-c3ccc(-c4ccc(OC5CCC(C(=O)O)CC5)nc4)cc3F)nc2c1. The number of halogens is 1. The molecule has 0 bridgehead atoms. The van der Waals surface area contributed by atoms with Crippen molar-refractivity contribution in [2.24, 2.45) is 5.92 Å². The minimum Gasteiger partial charge on any atom is -0.481 e. The molecule has 2 N–H and O–H groups in total. The van der Waals surface area contributed by atoms with Crippen LogP contribution in [0.1, 0.15) is 31.2 Å². The van der Waals surface area contributed by atoms with Crippen LogP contribution >= 0.6 is 0 Å². The molecule has 0 unspecified atom stereocenters. The molecule has 3 aromatic heterocycles. The highest BCUT2D eigenvalue weighted by atomic mass is 19.1. The van der Waals surface area contributed by atoms with Gasteiger partial charge < -0.3 is 14.8 Å². The van der Waals surface area contributed by atoms with Crippen LogP contribution in [0.2, 0.25) is 0 Å². The van der Waals surface area contributed by atoms with Gasteiger partial charge in [0, 0.05) is 24.0 Å². The topological polar surface area (TPSA) is 101 Å². The molecule has 1 fully saturated rings. The third-order valence-electron chi connectivity index (χ3n) is 6.08. The van der Waals surface area contributed by atoms with Gasteiger partial charge in [-0.25, -0.2) is 19.3 Å². The number of ether oxygens (including phenoxy) is 1. The molecule has 1 saturated carbocycles. The fourth-order valence-corrected chi connectivity index (χ4v) is 4.23. The van der Waals surface area contributed by atoms with Gasteiger partial charge >= 0.3 is 5.97 Å². The first kappa shape index (κ1) is 21.1. The number of pyridine rings is 2. The third-order valence-corrected chi connectivity index (χ3v) is 6.08. The second kappa shape index (κ2) is 8.61. The number of nitrogens with zero attached hydrogens (tertiary/aromatic N) is 3. The average molecular weight is 446 g/mol. The first-order valence-electron chi connectivity index (χ1n) is 10.9. The van der Waals surface area contributed by atoms with Crippen molar-refractivity contribution in [3.8, 4) is 28.4 Å². The maximum atomic E-state index is 14.9. The summed E-state index contributed by atoms with van der Waals surface area (Å²) in [6.07, 6.45) is 5.99. The molecule has 0 saturated heterocycles. The molecule has 5 rings (SSSR count). The molecule has 1 aliphatic rings. The van der Waals surface area contributed by atoms with E-state index in [0.29, 0.717) is 59.7 Å². The van der Waals surface area contributed by atoms with E-state index in [1.165, 1.54) is 6.07 Å². The van der Waals surface area contributed by atoms with Crippen LogP contribution in [0.15, 0.2) is 48.8 Å². The number of rotatable bonds is 5. The van der Waals surface area contributed by atoms with Gasteiger partial charge in [-0.2, -0.15) is 0 Å². The van der Waals surface area contributed by atoms with Gasteiger partial charge in [-0.1, -0.05) is 6.07 Å². The van der Waals surface area contributed by atoms with Gasteiger partial charge in [0.25, 0.3) is 0 Å². The molecule has 168 valence electrons. The number of carboxylic acids is 1. The highest BCUT2D eigenvalue weighted by Crippen LogP contribution is 2.30. The highest BCUT2D eigenvalue weighted by Gasteiger charge is 2.27. The van der Waals surface area contributed by atoms with Crippen LogP contribution in [0.4, 0.5) is 4.39 Å². The van der Waals surface area contributed by atoms with E-state index >= 15 is 0 Å². The summed E-state index contributed by atoms with van der Waals surface area (Å²) in [6, 6.07) is 10.5. The number of nitrogens with one attached hydrogen (secondary N) is 1. The molecule has 3 heterocycles. The van der Waals surface area contributed by atoms with E-state index in [1.807, 2.05) is 25.1 Å². The van der Waals surface area contributed by atoms with E-state index in [4.69, 9.17) is 9.84 Å². The monoisotopic (exact) mass is 446 g/mol. The van der Waals surface area contributed by atoms with Gasteiger partial charge in [0.1, 0.15) is 23.3 Å². The van der Waals surface area contributed by atoms with Crippen LogP contribution in [0.25, 0.3) is 33.7 Å². The molecule has 0 radical (unpaired) electrons. The van der Waals surface area contributed by atoms with Crippen LogP contribution in [-0.2, 0) is 4.79 Å². The van der Waals surface area contributed by atoms with Crippen molar-refractivity contribution in [2.45, 2.75) is 38.7 Å². The molecular weight excluding hydrogens is 423 g/mol. The van der Waals surface area contributed by atoms with E-state index in [9.17, 15) is 9.18 Å². The Bertz CT molecular complexity index is 1310. The van der Waals surface area contributed by atoms with Crippen molar-refractivity contribution in [1.29, 1.82) is 0 Å². The van der Waals surface area contributed by atoms with Crippen molar-refractivity contribution in [2.75, 3.05) is 0 Å². The van der Waals surface area contributed by atoms with E-state index in [0.717, 1.165) is 11.1 Å². The first-order chi connectivity index (χ1) is 16.0. The van der Waals surface area contributed by atoms with Gasteiger partial charge in [0.2, 0.25) is 5.88 Å². The average Bonchev–Trinajstić information content (AvgIpc) is 3.22. The number of H-pyrrole nitrogens is 1. The van der Waals surface area contributed by atoms with Crippen LogP contribution in [-0.4, -0.2) is 37.1 Å².